The summed E-state index contributed by atoms with van der Waals surface area (Å²) in [5.41, 5.74) is 3.03. The quantitative estimate of drug-likeness (QED) is 0.642. The van der Waals surface area contributed by atoms with Gasteiger partial charge in [-0.05, 0) is 31.0 Å². The smallest absolute Gasteiger partial charge is 0.354 e. The second-order valence-electron chi connectivity index (χ2n) is 3.61. The number of fused-ring (bicyclic) bond motifs is 1. The third kappa shape index (κ3) is 2.04. The number of hydrogen-bond acceptors (Lipinski definition) is 4. The highest BCUT2D eigenvalue weighted by atomic mass is 16.5. The van der Waals surface area contributed by atoms with E-state index in [-0.39, 0.29) is 5.97 Å². The summed E-state index contributed by atoms with van der Waals surface area (Å²) in [5, 5.41) is 6.40. The van der Waals surface area contributed by atoms with Crippen molar-refractivity contribution < 1.29 is 9.53 Å². The maximum absolute atomic E-state index is 11.7. The van der Waals surface area contributed by atoms with E-state index in [1.807, 2.05) is 6.92 Å². The zero-order valence-electron chi connectivity index (χ0n) is 8.93. The molecule has 0 aliphatic carbocycles. The first-order valence-corrected chi connectivity index (χ1v) is 5.37. The SMILES string of the molecule is CCOC(=O)C1=C2CCNCC2=CCN1. The van der Waals surface area contributed by atoms with Crippen LogP contribution in [0.15, 0.2) is 22.9 Å². The molecule has 0 amide bonds. The predicted octanol–water partition coefficient (Wildman–Crippen LogP) is 0.326. The minimum Gasteiger partial charge on any atom is -0.461 e. The molecule has 0 bridgehead atoms. The normalized spacial score (nSPS) is 20.2. The van der Waals surface area contributed by atoms with Crippen LogP contribution in [0.5, 0.6) is 0 Å². The molecule has 1 fully saturated rings. The minimum atomic E-state index is -0.222. The van der Waals surface area contributed by atoms with Gasteiger partial charge in [-0.15, -0.1) is 0 Å². The fraction of sp³-hybridized carbons (Fsp3) is 0.545. The molecule has 0 aromatic rings. The summed E-state index contributed by atoms with van der Waals surface area (Å²) in [6, 6.07) is 0. The molecular weight excluding hydrogens is 192 g/mol. The topological polar surface area (TPSA) is 50.4 Å². The lowest BCUT2D eigenvalue weighted by Crippen LogP contribution is -2.35. The Morgan fingerprint density at radius 1 is 1.60 bits per heavy atom. The molecule has 4 heteroatoms. The van der Waals surface area contributed by atoms with Gasteiger partial charge in [-0.1, -0.05) is 6.08 Å². The summed E-state index contributed by atoms with van der Waals surface area (Å²) in [7, 11) is 0. The van der Waals surface area contributed by atoms with Crippen LogP contribution in [-0.2, 0) is 9.53 Å². The van der Waals surface area contributed by atoms with Gasteiger partial charge in [0.1, 0.15) is 5.70 Å². The molecule has 0 aromatic carbocycles. The van der Waals surface area contributed by atoms with Gasteiger partial charge < -0.3 is 15.4 Å². The van der Waals surface area contributed by atoms with E-state index in [0.717, 1.165) is 25.1 Å². The van der Waals surface area contributed by atoms with Crippen LogP contribution in [0.25, 0.3) is 0 Å². The summed E-state index contributed by atoms with van der Waals surface area (Å²) >= 11 is 0. The third-order valence-corrected chi connectivity index (χ3v) is 2.66. The number of carbonyl (C=O) groups excluding carboxylic acids is 1. The van der Waals surface area contributed by atoms with Crippen LogP contribution in [0.2, 0.25) is 0 Å². The molecule has 0 radical (unpaired) electrons. The molecule has 82 valence electrons. The molecule has 2 rings (SSSR count). The van der Waals surface area contributed by atoms with Crippen LogP contribution in [0.1, 0.15) is 13.3 Å². The van der Waals surface area contributed by atoms with Gasteiger partial charge in [0.05, 0.1) is 6.61 Å². The van der Waals surface area contributed by atoms with Crippen molar-refractivity contribution in [3.05, 3.63) is 22.9 Å². The molecule has 15 heavy (non-hydrogen) atoms. The summed E-state index contributed by atoms with van der Waals surface area (Å²) in [5.74, 6) is -0.222. The summed E-state index contributed by atoms with van der Waals surface area (Å²) < 4.78 is 5.02. The Balaban J connectivity index is 2.23. The lowest BCUT2D eigenvalue weighted by atomic mass is 9.94. The fourth-order valence-electron chi connectivity index (χ4n) is 1.97. The minimum absolute atomic E-state index is 0.222. The van der Waals surface area contributed by atoms with Crippen molar-refractivity contribution in [1.82, 2.24) is 10.6 Å². The monoisotopic (exact) mass is 208 g/mol. The van der Waals surface area contributed by atoms with Crippen LogP contribution < -0.4 is 10.6 Å². The van der Waals surface area contributed by atoms with Gasteiger partial charge in [-0.3, -0.25) is 0 Å². The molecule has 1 saturated heterocycles. The molecule has 0 spiro atoms. The van der Waals surface area contributed by atoms with Gasteiger partial charge in [-0.2, -0.15) is 0 Å². The predicted molar refractivity (Wildman–Crippen MR) is 57.2 cm³/mol. The number of nitrogens with one attached hydrogen (secondary N) is 2. The third-order valence-electron chi connectivity index (χ3n) is 2.66. The molecule has 2 aliphatic heterocycles. The summed E-state index contributed by atoms with van der Waals surface area (Å²) in [6.45, 7) is 4.76. The number of dihydropyridines is 1. The van der Waals surface area contributed by atoms with Gasteiger partial charge in [0, 0.05) is 13.1 Å². The van der Waals surface area contributed by atoms with E-state index in [4.69, 9.17) is 4.74 Å². The number of hydrogen-bond donors (Lipinski definition) is 2. The second kappa shape index (κ2) is 4.49. The highest BCUT2D eigenvalue weighted by molar-refractivity contribution is 5.90. The molecular formula is C11H16N2O2. The standard InChI is InChI=1S/C11H16N2O2/c1-2-15-11(14)10-9-4-5-12-7-8(9)3-6-13-10/h3,12-13H,2,4-7H2,1H3. The lowest BCUT2D eigenvalue weighted by Gasteiger charge is -2.26. The molecule has 0 saturated carbocycles. The molecule has 2 heterocycles. The molecule has 0 unspecified atom stereocenters. The van der Waals surface area contributed by atoms with Crippen molar-refractivity contribution in [1.29, 1.82) is 0 Å². The Labute approximate surface area is 89.4 Å². The second-order valence-corrected chi connectivity index (χ2v) is 3.61. The van der Waals surface area contributed by atoms with E-state index in [1.54, 1.807) is 0 Å². The van der Waals surface area contributed by atoms with Crippen LogP contribution in [-0.4, -0.2) is 32.2 Å². The maximum Gasteiger partial charge on any atom is 0.354 e. The van der Waals surface area contributed by atoms with E-state index >= 15 is 0 Å². The zero-order chi connectivity index (χ0) is 10.7. The van der Waals surface area contributed by atoms with Crippen molar-refractivity contribution in [3.63, 3.8) is 0 Å². The first kappa shape index (κ1) is 10.2. The number of piperidine rings is 1. The average molecular weight is 208 g/mol. The van der Waals surface area contributed by atoms with E-state index in [0.29, 0.717) is 18.8 Å². The molecule has 0 atom stereocenters. The highest BCUT2D eigenvalue weighted by Gasteiger charge is 2.23. The van der Waals surface area contributed by atoms with Crippen molar-refractivity contribution in [2.45, 2.75) is 13.3 Å². The highest BCUT2D eigenvalue weighted by Crippen LogP contribution is 2.23. The lowest BCUT2D eigenvalue weighted by molar-refractivity contribution is -0.139. The zero-order valence-corrected chi connectivity index (χ0v) is 8.93. The van der Waals surface area contributed by atoms with Crippen molar-refractivity contribution in [2.24, 2.45) is 0 Å². The van der Waals surface area contributed by atoms with E-state index in [9.17, 15) is 4.79 Å². The van der Waals surface area contributed by atoms with Gasteiger partial charge in [-0.25, -0.2) is 4.79 Å². The molecule has 0 aromatic heterocycles. The first-order valence-electron chi connectivity index (χ1n) is 5.37. The first-order chi connectivity index (χ1) is 7.33. The summed E-state index contributed by atoms with van der Waals surface area (Å²) in [6.07, 6.45) is 3.02. The summed E-state index contributed by atoms with van der Waals surface area (Å²) in [4.78, 5) is 11.7. The number of esters is 1. The number of rotatable bonds is 2. The Morgan fingerprint density at radius 2 is 2.47 bits per heavy atom. The van der Waals surface area contributed by atoms with Crippen LogP contribution in [0.4, 0.5) is 0 Å². The van der Waals surface area contributed by atoms with Crippen molar-refractivity contribution in [3.8, 4) is 0 Å². The fourth-order valence-corrected chi connectivity index (χ4v) is 1.97. The van der Waals surface area contributed by atoms with Crippen LogP contribution in [0.3, 0.4) is 0 Å². The molecule has 2 aliphatic rings. The van der Waals surface area contributed by atoms with E-state index in [2.05, 4.69) is 16.7 Å². The Hall–Kier alpha value is -1.29. The van der Waals surface area contributed by atoms with E-state index in [1.165, 1.54) is 5.57 Å². The maximum atomic E-state index is 11.7. The Kier molecular flexibility index (Phi) is 3.06. The van der Waals surface area contributed by atoms with Crippen molar-refractivity contribution in [2.75, 3.05) is 26.2 Å². The van der Waals surface area contributed by atoms with Gasteiger partial charge >= 0.3 is 5.97 Å². The Morgan fingerprint density at radius 3 is 3.27 bits per heavy atom. The van der Waals surface area contributed by atoms with Gasteiger partial charge in [0.25, 0.3) is 0 Å². The average Bonchev–Trinajstić information content (AvgIpc) is 2.28. The number of carbonyl (C=O) groups is 1. The Bertz CT molecular complexity index is 331. The van der Waals surface area contributed by atoms with Crippen LogP contribution in [0, 0.1) is 0 Å². The van der Waals surface area contributed by atoms with Crippen molar-refractivity contribution >= 4 is 5.97 Å². The molecule has 2 N–H and O–H groups in total. The van der Waals surface area contributed by atoms with Gasteiger partial charge in [0.15, 0.2) is 0 Å². The van der Waals surface area contributed by atoms with Crippen LogP contribution >= 0.6 is 0 Å². The number of ether oxygens (including phenoxy) is 1. The molecule has 4 nitrogen and oxygen atoms in total. The largest absolute Gasteiger partial charge is 0.461 e. The van der Waals surface area contributed by atoms with E-state index < -0.39 is 0 Å². The van der Waals surface area contributed by atoms with Gasteiger partial charge in [0.2, 0.25) is 0 Å².